The first-order valence-electron chi connectivity index (χ1n) is 8.50. The van der Waals surface area contributed by atoms with Crippen molar-refractivity contribution in [3.8, 4) is 0 Å². The van der Waals surface area contributed by atoms with Crippen LogP contribution in [0.1, 0.15) is 0 Å². The van der Waals surface area contributed by atoms with Gasteiger partial charge in [-0.05, 0) is 17.2 Å². The van der Waals surface area contributed by atoms with E-state index >= 15 is 0 Å². The van der Waals surface area contributed by atoms with Crippen LogP contribution in [-0.4, -0.2) is 70.3 Å². The second-order valence-electron chi connectivity index (χ2n) is 6.93. The fourth-order valence-corrected chi connectivity index (χ4v) is 4.87. The number of allylic oxidation sites excluding steroid dienone is 2. The summed E-state index contributed by atoms with van der Waals surface area (Å²) < 4.78 is 5.36. The Labute approximate surface area is 144 Å². The Bertz CT molecular complexity index is 823. The first-order chi connectivity index (χ1) is 12.1. The van der Waals surface area contributed by atoms with Crippen molar-refractivity contribution < 1.29 is 24.5 Å². The molecule has 3 unspecified atom stereocenters. The molecule has 0 aromatic carbocycles. The summed E-state index contributed by atoms with van der Waals surface area (Å²) in [5.41, 5.74) is 1.21. The topological polar surface area (TPSA) is 90.3 Å². The lowest BCUT2D eigenvalue weighted by atomic mass is 9.68. The molecule has 130 valence electrons. The van der Waals surface area contributed by atoms with Gasteiger partial charge in [-0.25, -0.2) is 4.79 Å². The predicted molar refractivity (Wildman–Crippen MR) is 86.0 cm³/mol. The van der Waals surface area contributed by atoms with Crippen LogP contribution in [0.15, 0.2) is 46.9 Å². The second kappa shape index (κ2) is 4.83. The summed E-state index contributed by atoms with van der Waals surface area (Å²) in [6.45, 7) is 1.52. The Morgan fingerprint density at radius 2 is 2.16 bits per heavy atom. The highest BCUT2D eigenvalue weighted by atomic mass is 16.5. The van der Waals surface area contributed by atoms with Gasteiger partial charge in [0.15, 0.2) is 5.54 Å². The lowest BCUT2D eigenvalue weighted by molar-refractivity contribution is -0.159. The normalized spacial score (nSPS) is 36.0. The van der Waals surface area contributed by atoms with Gasteiger partial charge in [0.2, 0.25) is 11.8 Å². The van der Waals surface area contributed by atoms with Crippen molar-refractivity contribution in [1.82, 2.24) is 9.80 Å². The highest BCUT2D eigenvalue weighted by molar-refractivity contribution is 5.96. The number of β-amino-alcohol motifs (C(OH)–C–C–N with tert-alkyl or cyclic N) is 1. The standard InChI is InChI=1S/C18H18N2O5/c21-7-5-20-15(22)11-2-1-10-9-19-6-8-25-17(24)18(19)4-3-12(16(20)23)13(11)14(10)18/h1-4,10-11,21,23H,5-9H2. The van der Waals surface area contributed by atoms with Gasteiger partial charge in [-0.3, -0.25) is 14.6 Å². The van der Waals surface area contributed by atoms with Crippen molar-refractivity contribution in [1.29, 1.82) is 0 Å². The molecule has 2 fully saturated rings. The minimum absolute atomic E-state index is 0.0295. The number of cyclic esters (lactones) is 1. The average molecular weight is 342 g/mol. The maximum Gasteiger partial charge on any atom is 0.335 e. The molecule has 2 saturated heterocycles. The number of ether oxygens (including phenoxy) is 1. The third-order valence-corrected chi connectivity index (χ3v) is 5.87. The van der Waals surface area contributed by atoms with Crippen molar-refractivity contribution in [3.63, 3.8) is 0 Å². The first kappa shape index (κ1) is 14.9. The van der Waals surface area contributed by atoms with Gasteiger partial charge in [0.1, 0.15) is 6.61 Å². The number of rotatable bonds is 2. The molecule has 5 rings (SSSR count). The molecular formula is C18H18N2O5. The summed E-state index contributed by atoms with van der Waals surface area (Å²) in [6.07, 6.45) is 7.37. The molecule has 0 aromatic rings. The predicted octanol–water partition coefficient (Wildman–Crippen LogP) is -0.130. The lowest BCUT2D eigenvalue weighted by Gasteiger charge is -2.44. The van der Waals surface area contributed by atoms with Crippen LogP contribution in [0, 0.1) is 11.8 Å². The Kier molecular flexibility index (Phi) is 2.88. The van der Waals surface area contributed by atoms with Gasteiger partial charge in [-0.15, -0.1) is 0 Å². The summed E-state index contributed by atoms with van der Waals surface area (Å²) in [4.78, 5) is 28.9. The molecule has 3 heterocycles. The van der Waals surface area contributed by atoms with E-state index in [9.17, 15) is 19.8 Å². The van der Waals surface area contributed by atoms with E-state index in [0.717, 1.165) is 11.1 Å². The quantitative estimate of drug-likeness (QED) is 0.537. The van der Waals surface area contributed by atoms with Gasteiger partial charge >= 0.3 is 5.97 Å². The largest absolute Gasteiger partial charge is 0.494 e. The zero-order valence-corrected chi connectivity index (χ0v) is 13.5. The monoisotopic (exact) mass is 342 g/mol. The van der Waals surface area contributed by atoms with Gasteiger partial charge in [0.25, 0.3) is 0 Å². The molecule has 7 heteroatoms. The van der Waals surface area contributed by atoms with Gasteiger partial charge < -0.3 is 14.9 Å². The molecule has 25 heavy (non-hydrogen) atoms. The SMILES string of the molecule is O=C1C2C=CC3CN4CCOC(=O)C45C=CC(=C(O)N1CCO)C2=C35. The molecule has 0 radical (unpaired) electrons. The van der Waals surface area contributed by atoms with E-state index in [0.29, 0.717) is 25.3 Å². The van der Waals surface area contributed by atoms with Crippen LogP contribution >= 0.6 is 0 Å². The number of aliphatic hydroxyl groups excluding tert-OH is 2. The van der Waals surface area contributed by atoms with E-state index in [1.165, 1.54) is 4.90 Å². The van der Waals surface area contributed by atoms with Crippen molar-refractivity contribution in [2.75, 3.05) is 32.8 Å². The fourth-order valence-electron chi connectivity index (χ4n) is 4.87. The molecule has 2 N–H and O–H groups in total. The van der Waals surface area contributed by atoms with Crippen molar-refractivity contribution in [2.24, 2.45) is 11.8 Å². The maximum absolute atomic E-state index is 12.8. The van der Waals surface area contributed by atoms with Crippen molar-refractivity contribution >= 4 is 11.9 Å². The third kappa shape index (κ3) is 1.62. The fraction of sp³-hybridized carbons (Fsp3) is 0.444. The Morgan fingerprint density at radius 3 is 2.96 bits per heavy atom. The molecular weight excluding hydrogens is 324 g/mol. The summed E-state index contributed by atoms with van der Waals surface area (Å²) in [5, 5.41) is 19.8. The summed E-state index contributed by atoms with van der Waals surface area (Å²) in [6, 6.07) is 0. The lowest BCUT2D eigenvalue weighted by Crippen LogP contribution is -2.57. The van der Waals surface area contributed by atoms with E-state index in [1.54, 1.807) is 12.2 Å². The summed E-state index contributed by atoms with van der Waals surface area (Å²) >= 11 is 0. The molecule has 5 aliphatic rings. The molecule has 0 saturated carbocycles. The number of morpholine rings is 1. The number of amides is 1. The molecule has 7 nitrogen and oxygen atoms in total. The smallest absolute Gasteiger partial charge is 0.335 e. The van der Waals surface area contributed by atoms with Crippen LogP contribution in [0.25, 0.3) is 0 Å². The Morgan fingerprint density at radius 1 is 1.32 bits per heavy atom. The highest BCUT2D eigenvalue weighted by Gasteiger charge is 2.60. The summed E-state index contributed by atoms with van der Waals surface area (Å²) in [7, 11) is 0. The van der Waals surface area contributed by atoms with E-state index < -0.39 is 11.5 Å². The average Bonchev–Trinajstić information content (AvgIpc) is 2.96. The van der Waals surface area contributed by atoms with Crippen LogP contribution in [0.4, 0.5) is 0 Å². The Balaban J connectivity index is 1.76. The Hall–Kier alpha value is -2.38. The number of carbonyl (C=O) groups excluding carboxylic acids is 2. The maximum atomic E-state index is 12.8. The number of hydrogen-bond acceptors (Lipinski definition) is 6. The molecule has 1 spiro atoms. The zero-order valence-electron chi connectivity index (χ0n) is 13.5. The van der Waals surface area contributed by atoms with Crippen LogP contribution in [0.3, 0.4) is 0 Å². The number of hydrogen-bond donors (Lipinski definition) is 2. The van der Waals surface area contributed by atoms with Crippen molar-refractivity contribution in [2.45, 2.75) is 5.54 Å². The molecule has 0 aromatic heterocycles. The second-order valence-corrected chi connectivity index (χ2v) is 6.93. The molecule has 3 atom stereocenters. The molecule has 1 amide bonds. The minimum atomic E-state index is -0.954. The summed E-state index contributed by atoms with van der Waals surface area (Å²) in [5.74, 6) is -1.25. The minimum Gasteiger partial charge on any atom is -0.494 e. The van der Waals surface area contributed by atoms with Crippen LogP contribution in [0.5, 0.6) is 0 Å². The van der Waals surface area contributed by atoms with E-state index in [2.05, 4.69) is 4.90 Å². The number of nitrogens with zero attached hydrogens (tertiary/aromatic N) is 2. The number of aliphatic hydroxyl groups is 2. The van der Waals surface area contributed by atoms with Gasteiger partial charge in [-0.1, -0.05) is 18.2 Å². The first-order valence-corrected chi connectivity index (χ1v) is 8.50. The van der Waals surface area contributed by atoms with Gasteiger partial charge in [0.05, 0.1) is 19.1 Å². The van der Waals surface area contributed by atoms with Crippen molar-refractivity contribution in [3.05, 3.63) is 46.9 Å². The van der Waals surface area contributed by atoms with Gasteiger partial charge in [0, 0.05) is 24.6 Å². The van der Waals surface area contributed by atoms with Crippen LogP contribution in [0.2, 0.25) is 0 Å². The molecule has 0 bridgehead atoms. The number of carbonyl (C=O) groups is 2. The van der Waals surface area contributed by atoms with Crippen LogP contribution in [-0.2, 0) is 14.3 Å². The third-order valence-electron chi connectivity index (χ3n) is 5.87. The highest BCUT2D eigenvalue weighted by Crippen LogP contribution is 2.53. The molecule has 3 aliphatic heterocycles. The number of esters is 1. The van der Waals surface area contributed by atoms with E-state index in [4.69, 9.17) is 4.74 Å². The molecule has 2 aliphatic carbocycles. The zero-order chi connectivity index (χ0) is 17.3. The van der Waals surface area contributed by atoms with E-state index in [-0.39, 0.29) is 36.8 Å². The van der Waals surface area contributed by atoms with Gasteiger partial charge in [-0.2, -0.15) is 0 Å². The van der Waals surface area contributed by atoms with E-state index in [1.807, 2.05) is 12.2 Å². The van der Waals surface area contributed by atoms with Crippen LogP contribution < -0.4 is 0 Å².